The number of nitrogens with zero attached hydrogens (tertiary/aromatic N) is 4. The summed E-state index contributed by atoms with van der Waals surface area (Å²) in [7, 11) is 0. The summed E-state index contributed by atoms with van der Waals surface area (Å²) >= 11 is 0. The van der Waals surface area contributed by atoms with Crippen molar-refractivity contribution in [2.24, 2.45) is 0 Å². The zero-order valence-corrected chi connectivity index (χ0v) is 11.7. The van der Waals surface area contributed by atoms with Crippen molar-refractivity contribution >= 4 is 0 Å². The van der Waals surface area contributed by atoms with Gasteiger partial charge in [-0.2, -0.15) is 0 Å². The van der Waals surface area contributed by atoms with E-state index < -0.39 is 11.6 Å². The first-order valence-corrected chi connectivity index (χ1v) is 6.29. The Morgan fingerprint density at radius 2 is 2.00 bits per heavy atom. The predicted octanol–water partition coefficient (Wildman–Crippen LogP) is 1.89. The van der Waals surface area contributed by atoms with Crippen LogP contribution in [0.25, 0.3) is 0 Å². The summed E-state index contributed by atoms with van der Waals surface area (Å²) in [5, 5.41) is 14.5. The van der Waals surface area contributed by atoms with Crippen LogP contribution in [0.1, 0.15) is 32.2 Å². The van der Waals surface area contributed by atoms with Crippen molar-refractivity contribution in [2.75, 3.05) is 0 Å². The molecule has 108 valence electrons. The third-order valence-corrected chi connectivity index (χ3v) is 2.71. The molecular weight excluding hydrogens is 264 g/mol. The van der Waals surface area contributed by atoms with Gasteiger partial charge in [-0.15, -0.1) is 5.10 Å². The smallest absolute Gasteiger partial charge is 0.165 e. The normalized spacial score (nSPS) is 11.8. The highest BCUT2D eigenvalue weighted by atomic mass is 19.1. The summed E-state index contributed by atoms with van der Waals surface area (Å²) in [5.41, 5.74) is 0.134. The number of nitrogens with one attached hydrogen (secondary N) is 1. The lowest BCUT2D eigenvalue weighted by atomic mass is 10.1. The van der Waals surface area contributed by atoms with Crippen molar-refractivity contribution in [3.63, 3.8) is 0 Å². The van der Waals surface area contributed by atoms with Gasteiger partial charge in [0.15, 0.2) is 5.82 Å². The number of hydrogen-bond donors (Lipinski definition) is 1. The predicted molar refractivity (Wildman–Crippen MR) is 69.9 cm³/mol. The highest BCUT2D eigenvalue weighted by Crippen LogP contribution is 2.11. The number of halogens is 2. The summed E-state index contributed by atoms with van der Waals surface area (Å²) in [6.07, 6.45) is 0. The molecule has 0 aliphatic rings. The maximum absolute atomic E-state index is 13.6. The maximum Gasteiger partial charge on any atom is 0.165 e. The number of aromatic nitrogens is 4. The summed E-state index contributed by atoms with van der Waals surface area (Å²) < 4.78 is 28.2. The fourth-order valence-electron chi connectivity index (χ4n) is 1.64. The summed E-state index contributed by atoms with van der Waals surface area (Å²) in [5.74, 6) is -0.385. The largest absolute Gasteiger partial charge is 0.305 e. The molecule has 7 heteroatoms. The SMILES string of the molecule is CC(C)(C)NCc1nnnn1Cc1cc(F)ccc1F. The van der Waals surface area contributed by atoms with Gasteiger partial charge in [-0.1, -0.05) is 0 Å². The fraction of sp³-hybridized carbons (Fsp3) is 0.462. The number of tetrazole rings is 1. The summed E-state index contributed by atoms with van der Waals surface area (Å²) in [6, 6.07) is 3.33. The van der Waals surface area contributed by atoms with Gasteiger partial charge in [0, 0.05) is 11.1 Å². The molecule has 0 unspecified atom stereocenters. The second kappa shape index (κ2) is 5.62. The number of benzene rings is 1. The van der Waals surface area contributed by atoms with E-state index in [1.54, 1.807) is 0 Å². The van der Waals surface area contributed by atoms with Gasteiger partial charge in [0.1, 0.15) is 11.6 Å². The Morgan fingerprint density at radius 3 is 2.70 bits per heavy atom. The number of hydrogen-bond acceptors (Lipinski definition) is 4. The van der Waals surface area contributed by atoms with Crippen molar-refractivity contribution in [2.45, 2.75) is 39.4 Å². The van der Waals surface area contributed by atoms with Gasteiger partial charge >= 0.3 is 0 Å². The first-order chi connectivity index (χ1) is 9.35. The minimum Gasteiger partial charge on any atom is -0.305 e. The quantitative estimate of drug-likeness (QED) is 0.930. The molecule has 0 aliphatic heterocycles. The first-order valence-electron chi connectivity index (χ1n) is 6.29. The molecule has 1 heterocycles. The lowest BCUT2D eigenvalue weighted by molar-refractivity contribution is 0.409. The van der Waals surface area contributed by atoms with Gasteiger partial charge in [-0.3, -0.25) is 0 Å². The molecule has 1 aromatic heterocycles. The Bertz CT molecular complexity index is 589. The van der Waals surface area contributed by atoms with E-state index in [4.69, 9.17) is 0 Å². The molecule has 0 spiro atoms. The highest BCUT2D eigenvalue weighted by molar-refractivity contribution is 5.19. The standard InChI is InChI=1S/C13H17F2N5/c1-13(2,3)16-7-12-17-18-19-20(12)8-9-6-10(14)4-5-11(9)15/h4-6,16H,7-8H2,1-3H3. The van der Waals surface area contributed by atoms with Crippen LogP contribution in [0.4, 0.5) is 8.78 Å². The Hall–Kier alpha value is -1.89. The fourth-order valence-corrected chi connectivity index (χ4v) is 1.64. The molecule has 0 radical (unpaired) electrons. The van der Waals surface area contributed by atoms with Crippen LogP contribution in [-0.4, -0.2) is 25.7 Å². The van der Waals surface area contributed by atoms with E-state index in [2.05, 4.69) is 20.8 Å². The van der Waals surface area contributed by atoms with Crippen LogP contribution >= 0.6 is 0 Å². The van der Waals surface area contributed by atoms with Gasteiger partial charge in [0.05, 0.1) is 13.1 Å². The van der Waals surface area contributed by atoms with E-state index in [1.807, 2.05) is 20.8 Å². The van der Waals surface area contributed by atoms with Crippen LogP contribution < -0.4 is 5.32 Å². The van der Waals surface area contributed by atoms with Crippen molar-refractivity contribution in [3.8, 4) is 0 Å². The third kappa shape index (κ3) is 3.80. The summed E-state index contributed by atoms with van der Waals surface area (Å²) in [4.78, 5) is 0. The van der Waals surface area contributed by atoms with Gasteiger partial charge in [-0.25, -0.2) is 13.5 Å². The molecule has 0 fully saturated rings. The molecule has 0 atom stereocenters. The van der Waals surface area contributed by atoms with Crippen molar-refractivity contribution in [1.82, 2.24) is 25.5 Å². The zero-order valence-electron chi connectivity index (χ0n) is 11.7. The van der Waals surface area contributed by atoms with Gasteiger partial charge < -0.3 is 5.32 Å². The van der Waals surface area contributed by atoms with Crippen LogP contribution in [0.2, 0.25) is 0 Å². The minimum absolute atomic E-state index is 0.0825. The summed E-state index contributed by atoms with van der Waals surface area (Å²) in [6.45, 7) is 6.61. The second-order valence-electron chi connectivity index (χ2n) is 5.59. The topological polar surface area (TPSA) is 55.6 Å². The molecule has 1 aromatic carbocycles. The molecular formula is C13H17F2N5. The molecule has 5 nitrogen and oxygen atoms in total. The minimum atomic E-state index is -0.483. The van der Waals surface area contributed by atoms with E-state index >= 15 is 0 Å². The van der Waals surface area contributed by atoms with Crippen LogP contribution in [0.5, 0.6) is 0 Å². The first kappa shape index (κ1) is 14.5. The Kier molecular flexibility index (Phi) is 4.08. The average molecular weight is 281 g/mol. The van der Waals surface area contributed by atoms with E-state index in [0.29, 0.717) is 12.4 Å². The third-order valence-electron chi connectivity index (χ3n) is 2.71. The van der Waals surface area contributed by atoms with Crippen LogP contribution in [0.3, 0.4) is 0 Å². The van der Waals surface area contributed by atoms with Gasteiger partial charge in [-0.05, 0) is 49.4 Å². The highest BCUT2D eigenvalue weighted by Gasteiger charge is 2.14. The molecule has 0 saturated heterocycles. The Balaban J connectivity index is 2.14. The van der Waals surface area contributed by atoms with E-state index in [-0.39, 0.29) is 17.6 Å². The van der Waals surface area contributed by atoms with Crippen molar-refractivity contribution < 1.29 is 8.78 Å². The Labute approximate surface area is 116 Å². The molecule has 1 N–H and O–H groups in total. The van der Waals surface area contributed by atoms with Gasteiger partial charge in [0.25, 0.3) is 0 Å². The molecule has 20 heavy (non-hydrogen) atoms. The Morgan fingerprint density at radius 1 is 1.25 bits per heavy atom. The van der Waals surface area contributed by atoms with E-state index in [0.717, 1.165) is 18.2 Å². The average Bonchev–Trinajstić information content (AvgIpc) is 2.78. The second-order valence-corrected chi connectivity index (χ2v) is 5.59. The molecule has 0 amide bonds. The van der Waals surface area contributed by atoms with Crippen LogP contribution in [0.15, 0.2) is 18.2 Å². The zero-order chi connectivity index (χ0) is 14.8. The van der Waals surface area contributed by atoms with Crippen molar-refractivity contribution in [3.05, 3.63) is 41.2 Å². The number of rotatable bonds is 4. The maximum atomic E-state index is 13.6. The monoisotopic (exact) mass is 281 g/mol. The lowest BCUT2D eigenvalue weighted by Gasteiger charge is -2.19. The molecule has 0 saturated carbocycles. The molecule has 2 aromatic rings. The molecule has 0 aliphatic carbocycles. The van der Waals surface area contributed by atoms with Crippen molar-refractivity contribution in [1.29, 1.82) is 0 Å². The molecule has 0 bridgehead atoms. The van der Waals surface area contributed by atoms with Crippen LogP contribution in [0, 0.1) is 11.6 Å². The van der Waals surface area contributed by atoms with Crippen LogP contribution in [-0.2, 0) is 13.1 Å². The van der Waals surface area contributed by atoms with E-state index in [9.17, 15) is 8.78 Å². The van der Waals surface area contributed by atoms with E-state index in [1.165, 1.54) is 4.68 Å². The molecule has 2 rings (SSSR count). The van der Waals surface area contributed by atoms with Gasteiger partial charge in [0.2, 0.25) is 0 Å². The lowest BCUT2D eigenvalue weighted by Crippen LogP contribution is -2.36.